The minimum absolute atomic E-state index is 0.0659. The van der Waals surface area contributed by atoms with Crippen LogP contribution in [-0.4, -0.2) is 67.5 Å². The predicted octanol–water partition coefficient (Wildman–Crippen LogP) is 0.626. The fraction of sp³-hybridized carbons (Fsp3) is 0.412. The minimum Gasteiger partial charge on any atom is -0.367 e. The van der Waals surface area contributed by atoms with Gasteiger partial charge >= 0.3 is 0 Å². The van der Waals surface area contributed by atoms with Gasteiger partial charge in [-0.3, -0.25) is 4.79 Å². The van der Waals surface area contributed by atoms with E-state index < -0.39 is 15.9 Å². The van der Waals surface area contributed by atoms with Gasteiger partial charge in [0.15, 0.2) is 0 Å². The average molecular weight is 426 g/mol. The number of aromatic nitrogens is 3. The van der Waals surface area contributed by atoms with E-state index in [0.717, 1.165) is 5.56 Å². The molecule has 3 heterocycles. The molecular formula is C17H20ClN5O4S. The highest BCUT2D eigenvalue weighted by Crippen LogP contribution is 2.27. The van der Waals surface area contributed by atoms with Gasteiger partial charge in [-0.1, -0.05) is 11.6 Å². The second kappa shape index (κ2) is 8.48. The number of carbonyl (C=O) groups is 1. The zero-order valence-electron chi connectivity index (χ0n) is 15.3. The summed E-state index contributed by atoms with van der Waals surface area (Å²) in [6, 6.07) is 4.95. The van der Waals surface area contributed by atoms with Gasteiger partial charge in [0.05, 0.1) is 29.3 Å². The van der Waals surface area contributed by atoms with Crippen molar-refractivity contribution in [3.8, 4) is 11.4 Å². The number of nitrogens with one attached hydrogen (secondary N) is 2. The Morgan fingerprint density at radius 1 is 1.29 bits per heavy atom. The maximum Gasteiger partial charge on any atom is 0.269 e. The molecule has 2 aromatic rings. The predicted molar refractivity (Wildman–Crippen MR) is 104 cm³/mol. The van der Waals surface area contributed by atoms with Crippen LogP contribution in [0.4, 0.5) is 0 Å². The van der Waals surface area contributed by atoms with Crippen molar-refractivity contribution in [1.29, 1.82) is 0 Å². The summed E-state index contributed by atoms with van der Waals surface area (Å²) in [6.45, 7) is 0.962. The number of pyridine rings is 1. The molecule has 2 unspecified atom stereocenters. The molecule has 150 valence electrons. The van der Waals surface area contributed by atoms with Crippen molar-refractivity contribution < 1.29 is 17.9 Å². The van der Waals surface area contributed by atoms with Crippen LogP contribution in [0.15, 0.2) is 24.5 Å². The second-order valence-corrected chi connectivity index (χ2v) is 9.05. The van der Waals surface area contributed by atoms with Gasteiger partial charge in [0.25, 0.3) is 5.91 Å². The number of ether oxygens (including phenoxy) is 1. The maximum atomic E-state index is 11.8. The van der Waals surface area contributed by atoms with Crippen LogP contribution in [0.3, 0.4) is 0 Å². The molecule has 2 aromatic heterocycles. The van der Waals surface area contributed by atoms with E-state index in [-0.39, 0.29) is 28.6 Å². The van der Waals surface area contributed by atoms with Crippen molar-refractivity contribution in [2.75, 3.05) is 32.1 Å². The number of morpholine rings is 1. The summed E-state index contributed by atoms with van der Waals surface area (Å²) in [5.74, 6) is -0.404. The molecule has 3 rings (SSSR count). The molecule has 1 amide bonds. The Hall–Kier alpha value is -2.14. The molecule has 9 nitrogen and oxygen atoms in total. The van der Waals surface area contributed by atoms with E-state index in [2.05, 4.69) is 25.6 Å². The zero-order valence-corrected chi connectivity index (χ0v) is 16.9. The van der Waals surface area contributed by atoms with Crippen molar-refractivity contribution in [1.82, 2.24) is 25.6 Å². The van der Waals surface area contributed by atoms with E-state index in [1.807, 2.05) is 0 Å². The number of sulfone groups is 1. The van der Waals surface area contributed by atoms with Gasteiger partial charge in [0.2, 0.25) is 0 Å². The third-order valence-electron chi connectivity index (χ3n) is 4.12. The van der Waals surface area contributed by atoms with E-state index in [1.165, 1.54) is 25.7 Å². The zero-order chi connectivity index (χ0) is 20.3. The van der Waals surface area contributed by atoms with Crippen molar-refractivity contribution in [2.45, 2.75) is 12.2 Å². The molecule has 2 atom stereocenters. The lowest BCUT2D eigenvalue weighted by Crippen LogP contribution is -2.43. The molecule has 0 radical (unpaired) electrons. The van der Waals surface area contributed by atoms with E-state index in [1.54, 1.807) is 12.1 Å². The van der Waals surface area contributed by atoms with Crippen LogP contribution >= 0.6 is 11.6 Å². The number of rotatable bonds is 5. The molecule has 11 heteroatoms. The van der Waals surface area contributed by atoms with Crippen molar-refractivity contribution in [3.63, 3.8) is 0 Å². The number of nitrogens with zero attached hydrogens (tertiary/aromatic N) is 3. The van der Waals surface area contributed by atoms with Crippen LogP contribution in [0.2, 0.25) is 5.15 Å². The minimum atomic E-state index is -3.16. The van der Waals surface area contributed by atoms with Crippen molar-refractivity contribution >= 4 is 27.3 Å². The van der Waals surface area contributed by atoms with Crippen LogP contribution in [0.1, 0.15) is 22.2 Å². The number of amides is 1. The molecule has 1 aliphatic rings. The van der Waals surface area contributed by atoms with Gasteiger partial charge in [-0.2, -0.15) is 0 Å². The second-order valence-electron chi connectivity index (χ2n) is 6.47. The molecule has 1 saturated heterocycles. The van der Waals surface area contributed by atoms with E-state index >= 15 is 0 Å². The van der Waals surface area contributed by atoms with Crippen LogP contribution < -0.4 is 10.6 Å². The lowest BCUT2D eigenvalue weighted by Gasteiger charge is -2.31. The topological polar surface area (TPSA) is 123 Å². The maximum absolute atomic E-state index is 11.8. The summed E-state index contributed by atoms with van der Waals surface area (Å²) >= 11 is 6.19. The highest BCUT2D eigenvalue weighted by Gasteiger charge is 2.27. The summed E-state index contributed by atoms with van der Waals surface area (Å²) < 4.78 is 29.1. The summed E-state index contributed by atoms with van der Waals surface area (Å²) in [6.07, 6.45) is 1.62. The third-order valence-corrected chi connectivity index (χ3v) is 5.30. The van der Waals surface area contributed by atoms with Gasteiger partial charge in [0, 0.05) is 26.4 Å². The Labute approximate surface area is 167 Å². The quantitative estimate of drug-likeness (QED) is 0.668. The normalized spacial score (nSPS) is 20.0. The largest absolute Gasteiger partial charge is 0.367 e. The summed E-state index contributed by atoms with van der Waals surface area (Å²) in [5, 5.41) is 5.93. The number of hydrogen-bond acceptors (Lipinski definition) is 8. The Bertz CT molecular complexity index is 985. The van der Waals surface area contributed by atoms with E-state index in [9.17, 15) is 13.2 Å². The first-order valence-electron chi connectivity index (χ1n) is 8.51. The Morgan fingerprint density at radius 3 is 2.79 bits per heavy atom. The molecule has 1 aliphatic heterocycles. The Balaban J connectivity index is 1.89. The van der Waals surface area contributed by atoms with Crippen molar-refractivity contribution in [2.24, 2.45) is 0 Å². The van der Waals surface area contributed by atoms with Crippen LogP contribution in [-0.2, 0) is 14.6 Å². The fourth-order valence-electron chi connectivity index (χ4n) is 2.92. The molecule has 0 aromatic carbocycles. The molecule has 0 saturated carbocycles. The first kappa shape index (κ1) is 20.6. The first-order valence-corrected chi connectivity index (χ1v) is 10.9. The van der Waals surface area contributed by atoms with E-state index in [0.29, 0.717) is 24.5 Å². The number of hydrogen-bond donors (Lipinski definition) is 2. The molecule has 28 heavy (non-hydrogen) atoms. The fourth-order valence-corrected chi connectivity index (χ4v) is 4.01. The summed E-state index contributed by atoms with van der Waals surface area (Å²) in [5.41, 5.74) is 1.85. The lowest BCUT2D eigenvalue weighted by atomic mass is 10.1. The number of carbonyl (C=O) groups excluding carboxylic acids is 1. The van der Waals surface area contributed by atoms with Crippen LogP contribution in [0.5, 0.6) is 0 Å². The molecule has 0 aliphatic carbocycles. The molecule has 1 fully saturated rings. The molecule has 0 spiro atoms. The highest BCUT2D eigenvalue weighted by atomic mass is 35.5. The van der Waals surface area contributed by atoms with Gasteiger partial charge < -0.3 is 15.4 Å². The van der Waals surface area contributed by atoms with Gasteiger partial charge in [-0.05, 0) is 23.8 Å². The monoisotopic (exact) mass is 425 g/mol. The number of halogens is 1. The molecule has 0 bridgehead atoms. The smallest absolute Gasteiger partial charge is 0.269 e. The Kier molecular flexibility index (Phi) is 6.23. The summed E-state index contributed by atoms with van der Waals surface area (Å²) in [7, 11) is -1.65. The van der Waals surface area contributed by atoms with Crippen LogP contribution in [0, 0.1) is 0 Å². The van der Waals surface area contributed by atoms with E-state index in [4.69, 9.17) is 16.3 Å². The molecule has 2 N–H and O–H groups in total. The SMILES string of the molecule is CNC(=O)c1cc(-c2cc(C3CNCC(CS(C)(=O)=O)O3)cc(Cl)n2)ncn1. The lowest BCUT2D eigenvalue weighted by molar-refractivity contribution is -0.0269. The standard InChI is InChI=1S/C17H20ClN5O4S/c1-19-17(24)14-5-12(21-9-22-14)13-3-10(4-16(18)23-13)15-7-20-6-11(27-15)8-28(2,25)26/h3-5,9,11,15,20H,6-8H2,1-2H3,(H,19,24). The van der Waals surface area contributed by atoms with Gasteiger partial charge in [-0.15, -0.1) is 0 Å². The van der Waals surface area contributed by atoms with Crippen LogP contribution in [0.25, 0.3) is 11.4 Å². The first-order chi connectivity index (χ1) is 13.2. The highest BCUT2D eigenvalue weighted by molar-refractivity contribution is 7.90. The Morgan fingerprint density at radius 2 is 2.07 bits per heavy atom. The van der Waals surface area contributed by atoms with Gasteiger partial charge in [-0.25, -0.2) is 23.4 Å². The van der Waals surface area contributed by atoms with Crippen molar-refractivity contribution in [3.05, 3.63) is 40.9 Å². The molecular weight excluding hydrogens is 406 g/mol. The van der Waals surface area contributed by atoms with Gasteiger partial charge in [0.1, 0.15) is 27.0 Å². The third kappa shape index (κ3) is 5.22. The summed E-state index contributed by atoms with van der Waals surface area (Å²) in [4.78, 5) is 24.2. The average Bonchev–Trinajstić information content (AvgIpc) is 2.66.